The maximum absolute atomic E-state index is 13.8. The van der Waals surface area contributed by atoms with Crippen LogP contribution in [0.5, 0.6) is 0 Å². The Labute approximate surface area is 200 Å². The Morgan fingerprint density at radius 2 is 1.85 bits per heavy atom. The highest BCUT2D eigenvalue weighted by Crippen LogP contribution is 2.31. The van der Waals surface area contributed by atoms with Crippen LogP contribution in [0.3, 0.4) is 0 Å². The van der Waals surface area contributed by atoms with Gasteiger partial charge in [0.15, 0.2) is 4.80 Å². The van der Waals surface area contributed by atoms with Gasteiger partial charge in [-0.15, -0.1) is 0 Å². The van der Waals surface area contributed by atoms with Crippen molar-refractivity contribution in [1.29, 1.82) is 0 Å². The zero-order valence-electron chi connectivity index (χ0n) is 19.3. The molecule has 0 saturated carbocycles. The maximum atomic E-state index is 13.8. The van der Waals surface area contributed by atoms with Gasteiger partial charge >= 0.3 is 5.97 Å². The lowest BCUT2D eigenvalue weighted by Crippen LogP contribution is -2.40. The number of benzene rings is 2. The van der Waals surface area contributed by atoms with Crippen LogP contribution in [0.15, 0.2) is 81.9 Å². The number of carbonyl (C=O) groups is 1. The number of hydrogen-bond acceptors (Lipinski definition) is 5. The third-order valence-corrected chi connectivity index (χ3v) is 7.20. The minimum Gasteiger partial charge on any atom is -0.466 e. The van der Waals surface area contributed by atoms with Crippen LogP contribution < -0.4 is 14.9 Å². The summed E-state index contributed by atoms with van der Waals surface area (Å²) in [5.74, 6) is -0.463. The number of aromatic nitrogens is 2. The molecule has 0 radical (unpaired) electrons. The summed E-state index contributed by atoms with van der Waals surface area (Å²) in [5, 5.41) is 1.10. The predicted molar refractivity (Wildman–Crippen MR) is 134 cm³/mol. The Bertz CT molecular complexity index is 1610. The van der Waals surface area contributed by atoms with E-state index in [9.17, 15) is 9.59 Å². The van der Waals surface area contributed by atoms with Gasteiger partial charge in [0, 0.05) is 29.2 Å². The number of fused-ring (bicyclic) bond motifs is 2. The molecule has 0 aliphatic carbocycles. The topological polar surface area (TPSA) is 65.6 Å². The number of hydrogen-bond donors (Lipinski definition) is 0. The van der Waals surface area contributed by atoms with E-state index in [0.29, 0.717) is 27.0 Å². The molecular formula is C27H25N3O3S. The molecular weight excluding hydrogens is 446 g/mol. The molecule has 2 aromatic heterocycles. The van der Waals surface area contributed by atoms with E-state index in [0.717, 1.165) is 28.6 Å². The van der Waals surface area contributed by atoms with E-state index in [1.807, 2.05) is 55.5 Å². The van der Waals surface area contributed by atoms with E-state index in [4.69, 9.17) is 9.73 Å². The minimum absolute atomic E-state index is 0.164. The number of nitrogens with zero attached hydrogens (tertiary/aromatic N) is 3. The quantitative estimate of drug-likeness (QED) is 0.416. The van der Waals surface area contributed by atoms with Gasteiger partial charge in [-0.3, -0.25) is 9.36 Å². The molecule has 2 aromatic carbocycles. The first-order valence-corrected chi connectivity index (χ1v) is 12.1. The summed E-state index contributed by atoms with van der Waals surface area (Å²) in [5.41, 5.74) is 3.87. The van der Waals surface area contributed by atoms with Crippen molar-refractivity contribution in [3.63, 3.8) is 0 Å². The van der Waals surface area contributed by atoms with Gasteiger partial charge in [-0.25, -0.2) is 9.79 Å². The molecule has 0 spiro atoms. The fourth-order valence-electron chi connectivity index (χ4n) is 4.61. The van der Waals surface area contributed by atoms with Gasteiger partial charge in [-0.05, 0) is 31.1 Å². The van der Waals surface area contributed by atoms with Gasteiger partial charge in [0.2, 0.25) is 0 Å². The second-order valence-corrected chi connectivity index (χ2v) is 9.10. The van der Waals surface area contributed by atoms with E-state index in [-0.39, 0.29) is 5.56 Å². The van der Waals surface area contributed by atoms with Gasteiger partial charge in [-0.1, -0.05) is 66.8 Å². The molecule has 0 amide bonds. The van der Waals surface area contributed by atoms with Crippen LogP contribution >= 0.6 is 11.3 Å². The van der Waals surface area contributed by atoms with Crippen molar-refractivity contribution in [2.24, 2.45) is 4.99 Å². The van der Waals surface area contributed by atoms with Gasteiger partial charge in [0.1, 0.15) is 0 Å². The van der Waals surface area contributed by atoms with Crippen molar-refractivity contribution in [3.8, 4) is 0 Å². The fourth-order valence-corrected chi connectivity index (χ4v) is 5.62. The van der Waals surface area contributed by atoms with Crippen molar-refractivity contribution in [3.05, 3.63) is 103 Å². The van der Waals surface area contributed by atoms with Crippen LogP contribution in [-0.2, 0) is 16.1 Å². The first-order chi connectivity index (χ1) is 16.6. The summed E-state index contributed by atoms with van der Waals surface area (Å²) in [6.45, 7) is 4.90. The van der Waals surface area contributed by atoms with E-state index >= 15 is 0 Å². The summed E-state index contributed by atoms with van der Waals surface area (Å²) in [4.78, 5) is 31.9. The van der Waals surface area contributed by atoms with Crippen LogP contribution in [0.4, 0.5) is 0 Å². The number of rotatable bonds is 5. The largest absolute Gasteiger partial charge is 0.466 e. The highest BCUT2D eigenvalue weighted by atomic mass is 32.1. The van der Waals surface area contributed by atoms with Crippen molar-refractivity contribution in [1.82, 2.24) is 9.13 Å². The van der Waals surface area contributed by atoms with Crippen LogP contribution in [0, 0.1) is 0 Å². The molecule has 0 unspecified atom stereocenters. The Morgan fingerprint density at radius 3 is 2.56 bits per heavy atom. The molecule has 0 bridgehead atoms. The lowest BCUT2D eigenvalue weighted by molar-refractivity contribution is -0.136. The molecule has 0 N–H and O–H groups in total. The molecule has 34 heavy (non-hydrogen) atoms. The van der Waals surface area contributed by atoms with E-state index < -0.39 is 12.0 Å². The number of carbonyl (C=O) groups excluding carboxylic acids is 1. The molecule has 1 aliphatic rings. The average molecular weight is 472 g/mol. The Balaban J connectivity index is 1.78. The number of esters is 1. The second-order valence-electron chi connectivity index (χ2n) is 8.09. The first-order valence-electron chi connectivity index (χ1n) is 11.3. The Kier molecular flexibility index (Phi) is 5.79. The number of ether oxygens (including phenoxy) is 1. The molecule has 172 valence electrons. The van der Waals surface area contributed by atoms with Gasteiger partial charge in [0.25, 0.3) is 5.56 Å². The zero-order chi connectivity index (χ0) is 23.8. The molecule has 6 nitrogen and oxygen atoms in total. The molecule has 1 atom stereocenters. The smallest absolute Gasteiger partial charge is 0.338 e. The molecule has 0 saturated heterocycles. The summed E-state index contributed by atoms with van der Waals surface area (Å²) < 4.78 is 9.51. The van der Waals surface area contributed by atoms with Gasteiger partial charge in [0.05, 0.1) is 29.0 Å². The van der Waals surface area contributed by atoms with Crippen molar-refractivity contribution in [2.45, 2.75) is 32.9 Å². The molecule has 5 rings (SSSR count). The van der Waals surface area contributed by atoms with E-state index in [1.165, 1.54) is 18.4 Å². The third-order valence-electron chi connectivity index (χ3n) is 6.21. The Morgan fingerprint density at radius 1 is 1.12 bits per heavy atom. The Hall–Kier alpha value is -3.71. The normalized spacial score (nSPS) is 16.0. The van der Waals surface area contributed by atoms with Crippen LogP contribution in [0.25, 0.3) is 17.0 Å². The minimum atomic E-state index is -0.584. The van der Waals surface area contributed by atoms with E-state index in [2.05, 4.69) is 29.8 Å². The monoisotopic (exact) mass is 471 g/mol. The number of allylic oxidation sites excluding steroid dienone is 1. The summed E-state index contributed by atoms with van der Waals surface area (Å²) in [7, 11) is 1.36. The highest BCUT2D eigenvalue weighted by molar-refractivity contribution is 7.07. The molecule has 7 heteroatoms. The van der Waals surface area contributed by atoms with Crippen LogP contribution in [0.1, 0.15) is 37.4 Å². The van der Waals surface area contributed by atoms with Crippen LogP contribution in [0.2, 0.25) is 0 Å². The lowest BCUT2D eigenvalue weighted by Gasteiger charge is -2.25. The standard InChI is InChI=1S/C27H25N3O3S/c1-4-20-23(26(32)33-3)24(17-11-7-6-8-12-17)30-25(31)22(34-27(30)28-20)15-18-16-29(5-2)21-14-10-9-13-19(18)21/h6-16,24H,4-5H2,1-3H3/b22-15+/t24-/m0/s1. The van der Waals surface area contributed by atoms with Gasteiger partial charge in [-0.2, -0.15) is 0 Å². The second kappa shape index (κ2) is 8.91. The van der Waals surface area contributed by atoms with E-state index in [1.54, 1.807) is 4.57 Å². The molecule has 1 aliphatic heterocycles. The maximum Gasteiger partial charge on any atom is 0.338 e. The lowest BCUT2D eigenvalue weighted by atomic mass is 9.95. The predicted octanol–water partition coefficient (Wildman–Crippen LogP) is 3.77. The summed E-state index contributed by atoms with van der Waals surface area (Å²) in [6.07, 6.45) is 4.58. The summed E-state index contributed by atoms with van der Waals surface area (Å²) in [6, 6.07) is 17.2. The van der Waals surface area contributed by atoms with Crippen molar-refractivity contribution in [2.75, 3.05) is 7.11 Å². The number of thiazole rings is 1. The molecule has 4 aromatic rings. The zero-order valence-corrected chi connectivity index (χ0v) is 20.1. The SMILES string of the molecule is CCC1=C(C(=O)OC)[C@H](c2ccccc2)n2c(s/c(=C/c3cn(CC)c4ccccc34)c2=O)=N1. The third kappa shape index (κ3) is 3.53. The average Bonchev–Trinajstić information content (AvgIpc) is 3.40. The number of para-hydroxylation sites is 1. The summed E-state index contributed by atoms with van der Waals surface area (Å²) >= 11 is 1.35. The van der Waals surface area contributed by atoms with Crippen molar-refractivity contribution < 1.29 is 9.53 Å². The number of methoxy groups -OCH3 is 1. The first kappa shape index (κ1) is 22.1. The van der Waals surface area contributed by atoms with Crippen molar-refractivity contribution >= 4 is 34.3 Å². The highest BCUT2D eigenvalue weighted by Gasteiger charge is 2.33. The number of aryl methyl sites for hydroxylation is 1. The molecule has 0 fully saturated rings. The fraction of sp³-hybridized carbons (Fsp3) is 0.222. The molecule has 3 heterocycles. The van der Waals surface area contributed by atoms with Crippen LogP contribution in [-0.4, -0.2) is 22.2 Å². The van der Waals surface area contributed by atoms with Gasteiger partial charge < -0.3 is 9.30 Å².